The first kappa shape index (κ1) is 15.7. The SMILES string of the molecule is CN(CC(C)(C)O)C(=O)C1CCN(c2cnccn2)CC1. The molecule has 116 valence electrons. The highest BCUT2D eigenvalue weighted by molar-refractivity contribution is 5.79. The molecule has 1 aliphatic heterocycles. The molecule has 0 radical (unpaired) electrons. The van der Waals surface area contributed by atoms with Gasteiger partial charge in [0, 0.05) is 45.0 Å². The molecule has 1 amide bonds. The molecule has 6 nitrogen and oxygen atoms in total. The van der Waals surface area contributed by atoms with E-state index in [-0.39, 0.29) is 11.8 Å². The molecule has 0 aliphatic carbocycles. The van der Waals surface area contributed by atoms with Gasteiger partial charge in [-0.1, -0.05) is 0 Å². The van der Waals surface area contributed by atoms with Crippen LogP contribution in [0.15, 0.2) is 18.6 Å². The molecule has 0 bridgehead atoms. The average Bonchev–Trinajstić information content (AvgIpc) is 2.46. The lowest BCUT2D eigenvalue weighted by Crippen LogP contribution is -2.45. The molecule has 0 spiro atoms. The van der Waals surface area contributed by atoms with Gasteiger partial charge in [-0.3, -0.25) is 9.78 Å². The van der Waals surface area contributed by atoms with E-state index in [9.17, 15) is 9.90 Å². The fourth-order valence-electron chi connectivity index (χ4n) is 2.78. The Kier molecular flexibility index (Phi) is 4.77. The van der Waals surface area contributed by atoms with Crippen LogP contribution in [0.4, 0.5) is 5.82 Å². The van der Waals surface area contributed by atoms with Crippen LogP contribution >= 0.6 is 0 Å². The number of amides is 1. The van der Waals surface area contributed by atoms with Gasteiger partial charge in [-0.25, -0.2) is 4.98 Å². The molecule has 0 saturated carbocycles. The van der Waals surface area contributed by atoms with Gasteiger partial charge in [0.1, 0.15) is 5.82 Å². The highest BCUT2D eigenvalue weighted by Crippen LogP contribution is 2.23. The highest BCUT2D eigenvalue weighted by Gasteiger charge is 2.29. The van der Waals surface area contributed by atoms with E-state index in [4.69, 9.17) is 0 Å². The summed E-state index contributed by atoms with van der Waals surface area (Å²) in [5.74, 6) is 1.02. The second kappa shape index (κ2) is 6.39. The molecule has 1 aromatic rings. The molecule has 0 atom stereocenters. The topological polar surface area (TPSA) is 69.6 Å². The minimum atomic E-state index is -0.856. The molecule has 2 rings (SSSR count). The number of aromatic nitrogens is 2. The summed E-state index contributed by atoms with van der Waals surface area (Å²) in [7, 11) is 1.76. The Labute approximate surface area is 125 Å². The largest absolute Gasteiger partial charge is 0.389 e. The van der Waals surface area contributed by atoms with Gasteiger partial charge in [0.05, 0.1) is 11.8 Å². The molecular formula is C15H24N4O2. The highest BCUT2D eigenvalue weighted by atomic mass is 16.3. The molecule has 1 fully saturated rings. The molecule has 0 unspecified atom stereocenters. The monoisotopic (exact) mass is 292 g/mol. The smallest absolute Gasteiger partial charge is 0.225 e. The van der Waals surface area contributed by atoms with Crippen LogP contribution in [0.3, 0.4) is 0 Å². The third-order valence-electron chi connectivity index (χ3n) is 3.72. The first-order valence-corrected chi connectivity index (χ1v) is 7.35. The average molecular weight is 292 g/mol. The summed E-state index contributed by atoms with van der Waals surface area (Å²) >= 11 is 0. The molecular weight excluding hydrogens is 268 g/mol. The number of nitrogens with zero attached hydrogens (tertiary/aromatic N) is 4. The van der Waals surface area contributed by atoms with Crippen molar-refractivity contribution in [1.29, 1.82) is 0 Å². The van der Waals surface area contributed by atoms with Gasteiger partial charge >= 0.3 is 0 Å². The summed E-state index contributed by atoms with van der Waals surface area (Å²) in [5, 5.41) is 9.81. The van der Waals surface area contributed by atoms with Crippen molar-refractivity contribution >= 4 is 11.7 Å². The molecule has 6 heteroatoms. The van der Waals surface area contributed by atoms with Crippen LogP contribution in [-0.2, 0) is 4.79 Å². The van der Waals surface area contributed by atoms with Crippen LogP contribution in [0.2, 0.25) is 0 Å². The summed E-state index contributed by atoms with van der Waals surface area (Å²) in [6.45, 7) is 5.41. The van der Waals surface area contributed by atoms with Gasteiger partial charge in [0.2, 0.25) is 5.91 Å². The number of hydrogen-bond acceptors (Lipinski definition) is 5. The standard InChI is InChI=1S/C15H24N4O2/c1-15(2,21)11-18(3)14(20)12-4-8-19(9-5-12)13-10-16-6-7-17-13/h6-7,10,12,21H,4-5,8-9,11H2,1-3H3. The maximum Gasteiger partial charge on any atom is 0.225 e. The quantitative estimate of drug-likeness (QED) is 0.894. The number of piperidine rings is 1. The molecule has 1 N–H and O–H groups in total. The molecule has 1 aromatic heterocycles. The summed E-state index contributed by atoms with van der Waals surface area (Å²) in [6.07, 6.45) is 6.72. The first-order valence-electron chi connectivity index (χ1n) is 7.35. The van der Waals surface area contributed by atoms with Gasteiger partial charge in [0.25, 0.3) is 0 Å². The normalized spacial score (nSPS) is 16.9. The minimum absolute atomic E-state index is 0.0327. The fourth-order valence-corrected chi connectivity index (χ4v) is 2.78. The summed E-state index contributed by atoms with van der Waals surface area (Å²) in [4.78, 5) is 24.6. The van der Waals surface area contributed by atoms with Crippen LogP contribution < -0.4 is 4.90 Å². The van der Waals surface area contributed by atoms with Crippen LogP contribution in [0, 0.1) is 5.92 Å². The van der Waals surface area contributed by atoms with Crippen LogP contribution in [0.5, 0.6) is 0 Å². The van der Waals surface area contributed by atoms with Crippen molar-refractivity contribution in [3.63, 3.8) is 0 Å². The summed E-state index contributed by atoms with van der Waals surface area (Å²) in [6, 6.07) is 0. The van der Waals surface area contributed by atoms with Crippen molar-refractivity contribution in [1.82, 2.24) is 14.9 Å². The van der Waals surface area contributed by atoms with Crippen LogP contribution in [0.1, 0.15) is 26.7 Å². The zero-order valence-corrected chi connectivity index (χ0v) is 13.0. The molecule has 1 saturated heterocycles. The number of carbonyl (C=O) groups is 1. The number of carbonyl (C=O) groups excluding carboxylic acids is 1. The van der Waals surface area contributed by atoms with E-state index in [0.29, 0.717) is 6.54 Å². The number of aliphatic hydroxyl groups is 1. The maximum atomic E-state index is 12.4. The van der Waals surface area contributed by atoms with E-state index in [1.165, 1.54) is 0 Å². The maximum absolute atomic E-state index is 12.4. The summed E-state index contributed by atoms with van der Waals surface area (Å²) < 4.78 is 0. The van der Waals surface area contributed by atoms with E-state index in [1.54, 1.807) is 44.4 Å². The second-order valence-electron chi connectivity index (χ2n) is 6.33. The Bertz CT molecular complexity index is 464. The Hall–Kier alpha value is -1.69. The minimum Gasteiger partial charge on any atom is -0.389 e. The molecule has 21 heavy (non-hydrogen) atoms. The van der Waals surface area contributed by atoms with Crippen molar-refractivity contribution in [2.24, 2.45) is 5.92 Å². The van der Waals surface area contributed by atoms with Crippen molar-refractivity contribution < 1.29 is 9.90 Å². The second-order valence-corrected chi connectivity index (χ2v) is 6.33. The first-order chi connectivity index (χ1) is 9.87. The predicted octanol–water partition coefficient (Wildman–Crippen LogP) is 0.922. The number of hydrogen-bond donors (Lipinski definition) is 1. The lowest BCUT2D eigenvalue weighted by atomic mass is 9.95. The Balaban J connectivity index is 1.87. The van der Waals surface area contributed by atoms with Crippen molar-refractivity contribution in [3.05, 3.63) is 18.6 Å². The van der Waals surface area contributed by atoms with E-state index >= 15 is 0 Å². The third kappa shape index (κ3) is 4.39. The molecule has 2 heterocycles. The zero-order chi connectivity index (χ0) is 15.5. The van der Waals surface area contributed by atoms with Crippen molar-refractivity contribution in [2.45, 2.75) is 32.3 Å². The lowest BCUT2D eigenvalue weighted by Gasteiger charge is -2.34. The Morgan fingerprint density at radius 3 is 2.62 bits per heavy atom. The van der Waals surface area contributed by atoms with Gasteiger partial charge < -0.3 is 14.9 Å². The number of anilines is 1. The fraction of sp³-hybridized carbons (Fsp3) is 0.667. The third-order valence-corrected chi connectivity index (χ3v) is 3.72. The summed E-state index contributed by atoms with van der Waals surface area (Å²) in [5.41, 5.74) is -0.856. The van der Waals surface area contributed by atoms with Crippen LogP contribution in [-0.4, -0.2) is 58.2 Å². The zero-order valence-electron chi connectivity index (χ0n) is 13.0. The Morgan fingerprint density at radius 1 is 1.43 bits per heavy atom. The van der Waals surface area contributed by atoms with Crippen molar-refractivity contribution in [2.75, 3.05) is 31.6 Å². The molecule has 1 aliphatic rings. The van der Waals surface area contributed by atoms with Gasteiger partial charge in [0.15, 0.2) is 0 Å². The van der Waals surface area contributed by atoms with Gasteiger partial charge in [-0.05, 0) is 26.7 Å². The van der Waals surface area contributed by atoms with Gasteiger partial charge in [-0.2, -0.15) is 0 Å². The Morgan fingerprint density at radius 2 is 2.10 bits per heavy atom. The number of rotatable bonds is 4. The van der Waals surface area contributed by atoms with Crippen LogP contribution in [0.25, 0.3) is 0 Å². The van der Waals surface area contributed by atoms with E-state index < -0.39 is 5.60 Å². The predicted molar refractivity (Wildman–Crippen MR) is 80.9 cm³/mol. The van der Waals surface area contributed by atoms with Gasteiger partial charge in [-0.15, -0.1) is 0 Å². The van der Waals surface area contributed by atoms with E-state index in [2.05, 4.69) is 14.9 Å². The van der Waals surface area contributed by atoms with E-state index in [0.717, 1.165) is 31.7 Å². The lowest BCUT2D eigenvalue weighted by molar-refractivity contribution is -0.137. The van der Waals surface area contributed by atoms with Crippen molar-refractivity contribution in [3.8, 4) is 0 Å². The number of likely N-dealkylation sites (N-methyl/N-ethyl adjacent to an activating group) is 1. The van der Waals surface area contributed by atoms with E-state index in [1.807, 2.05) is 0 Å². The molecule has 0 aromatic carbocycles.